The maximum Gasteiger partial charge on any atom is 0.343 e. The first-order valence-corrected chi connectivity index (χ1v) is 6.56. The topological polar surface area (TPSA) is 95.7 Å². The van der Waals surface area contributed by atoms with Gasteiger partial charge in [-0.05, 0) is 48.5 Å². The summed E-state index contributed by atoms with van der Waals surface area (Å²) < 4.78 is 10.1. The van der Waals surface area contributed by atoms with Gasteiger partial charge in [-0.1, -0.05) is 6.58 Å². The second-order valence-electron chi connectivity index (χ2n) is 4.43. The molecule has 6 nitrogen and oxygen atoms in total. The number of hydrogen-bond acceptors (Lipinski definition) is 5. The standard InChI is InChI=1S/C17H13NO5/c1-2-15(19)22-13-9-5-12(6-10-13)17(21)23-14-7-3-11(4-8-14)16(18)20/h2-10H,1H2,(H2,18,20). The van der Waals surface area contributed by atoms with Gasteiger partial charge >= 0.3 is 11.9 Å². The molecule has 23 heavy (non-hydrogen) atoms. The molecule has 0 unspecified atom stereocenters. The monoisotopic (exact) mass is 311 g/mol. The Morgan fingerprint density at radius 1 is 0.826 bits per heavy atom. The van der Waals surface area contributed by atoms with Crippen molar-refractivity contribution in [3.05, 3.63) is 72.3 Å². The second kappa shape index (κ2) is 7.04. The summed E-state index contributed by atoms with van der Waals surface area (Å²) in [7, 11) is 0. The molecule has 0 bridgehead atoms. The summed E-state index contributed by atoms with van der Waals surface area (Å²) in [5.74, 6) is -1.17. The van der Waals surface area contributed by atoms with Crippen LogP contribution in [0.15, 0.2) is 61.2 Å². The van der Waals surface area contributed by atoms with Crippen molar-refractivity contribution in [3.8, 4) is 11.5 Å². The Labute approximate surface area is 132 Å². The molecular formula is C17H13NO5. The minimum absolute atomic E-state index is 0.280. The Morgan fingerprint density at radius 3 is 1.78 bits per heavy atom. The SMILES string of the molecule is C=CC(=O)Oc1ccc(C(=O)Oc2ccc(C(N)=O)cc2)cc1. The van der Waals surface area contributed by atoms with Gasteiger partial charge in [0.1, 0.15) is 11.5 Å². The van der Waals surface area contributed by atoms with Gasteiger partial charge in [0.2, 0.25) is 5.91 Å². The molecule has 0 saturated carbocycles. The first kappa shape index (κ1) is 16.0. The molecule has 116 valence electrons. The predicted octanol–water partition coefficient (Wildman–Crippen LogP) is 2.10. The summed E-state index contributed by atoms with van der Waals surface area (Å²) in [6.07, 6.45) is 1.04. The van der Waals surface area contributed by atoms with Gasteiger partial charge in [-0.15, -0.1) is 0 Å². The Bertz CT molecular complexity index is 748. The molecule has 2 N–H and O–H groups in total. The first-order valence-electron chi connectivity index (χ1n) is 6.56. The van der Waals surface area contributed by atoms with Gasteiger partial charge in [0.25, 0.3) is 0 Å². The predicted molar refractivity (Wildman–Crippen MR) is 82.2 cm³/mol. The molecule has 1 amide bonds. The largest absolute Gasteiger partial charge is 0.423 e. The highest BCUT2D eigenvalue weighted by atomic mass is 16.5. The minimum atomic E-state index is -0.588. The van der Waals surface area contributed by atoms with E-state index in [2.05, 4.69) is 6.58 Å². The molecule has 2 aromatic rings. The zero-order valence-corrected chi connectivity index (χ0v) is 12.0. The van der Waals surface area contributed by atoms with Crippen LogP contribution in [-0.4, -0.2) is 17.8 Å². The molecule has 2 aromatic carbocycles. The lowest BCUT2D eigenvalue weighted by Gasteiger charge is -2.06. The number of carbonyl (C=O) groups excluding carboxylic acids is 3. The number of nitrogens with two attached hydrogens (primary N) is 1. The minimum Gasteiger partial charge on any atom is -0.423 e. The Kier molecular flexibility index (Phi) is 4.89. The highest BCUT2D eigenvalue weighted by Crippen LogP contribution is 2.16. The molecule has 0 radical (unpaired) electrons. The van der Waals surface area contributed by atoms with Crippen LogP contribution in [-0.2, 0) is 4.79 Å². The molecule has 0 aromatic heterocycles. The molecule has 0 heterocycles. The highest BCUT2D eigenvalue weighted by Gasteiger charge is 2.10. The number of esters is 2. The van der Waals surface area contributed by atoms with Crippen molar-refractivity contribution >= 4 is 17.8 Å². The number of rotatable bonds is 5. The molecule has 6 heteroatoms. The van der Waals surface area contributed by atoms with Crippen molar-refractivity contribution in [1.29, 1.82) is 0 Å². The number of benzene rings is 2. The van der Waals surface area contributed by atoms with Gasteiger partial charge in [0, 0.05) is 11.6 Å². The van der Waals surface area contributed by atoms with Crippen LogP contribution in [0.1, 0.15) is 20.7 Å². The van der Waals surface area contributed by atoms with E-state index in [0.717, 1.165) is 6.08 Å². The maximum absolute atomic E-state index is 12.0. The number of amides is 1. The zero-order valence-electron chi connectivity index (χ0n) is 12.0. The van der Waals surface area contributed by atoms with Crippen LogP contribution in [0.3, 0.4) is 0 Å². The van der Waals surface area contributed by atoms with Gasteiger partial charge in [-0.2, -0.15) is 0 Å². The fourth-order valence-corrected chi connectivity index (χ4v) is 1.67. The van der Waals surface area contributed by atoms with Crippen LogP contribution in [0.25, 0.3) is 0 Å². The van der Waals surface area contributed by atoms with Crippen molar-refractivity contribution in [2.75, 3.05) is 0 Å². The normalized spacial score (nSPS) is 9.74. The molecule has 0 spiro atoms. The molecular weight excluding hydrogens is 298 g/mol. The number of hydrogen-bond donors (Lipinski definition) is 1. The number of primary amides is 1. The fraction of sp³-hybridized carbons (Fsp3) is 0. The molecule has 2 rings (SSSR count). The average molecular weight is 311 g/mol. The van der Waals surface area contributed by atoms with Crippen LogP contribution in [0.2, 0.25) is 0 Å². The van der Waals surface area contributed by atoms with Crippen molar-refractivity contribution < 1.29 is 23.9 Å². The van der Waals surface area contributed by atoms with Gasteiger partial charge < -0.3 is 15.2 Å². The van der Waals surface area contributed by atoms with Gasteiger partial charge in [0.05, 0.1) is 5.56 Å². The summed E-state index contributed by atoms with van der Waals surface area (Å²) in [5, 5.41) is 0. The van der Waals surface area contributed by atoms with E-state index in [0.29, 0.717) is 5.56 Å². The van der Waals surface area contributed by atoms with E-state index in [1.807, 2.05) is 0 Å². The summed E-state index contributed by atoms with van der Waals surface area (Å²) in [6, 6.07) is 11.7. The van der Waals surface area contributed by atoms with E-state index >= 15 is 0 Å². The van der Waals surface area contributed by atoms with E-state index < -0.39 is 17.8 Å². The third-order valence-corrected chi connectivity index (χ3v) is 2.82. The van der Waals surface area contributed by atoms with Crippen molar-refractivity contribution in [2.24, 2.45) is 5.73 Å². The molecule has 0 aliphatic rings. The maximum atomic E-state index is 12.0. The van der Waals surface area contributed by atoms with E-state index in [9.17, 15) is 14.4 Å². The average Bonchev–Trinajstić information content (AvgIpc) is 2.55. The second-order valence-corrected chi connectivity index (χ2v) is 4.43. The van der Waals surface area contributed by atoms with E-state index in [1.165, 1.54) is 48.5 Å². The van der Waals surface area contributed by atoms with Gasteiger partial charge in [0.15, 0.2) is 0 Å². The van der Waals surface area contributed by atoms with Gasteiger partial charge in [-0.25, -0.2) is 9.59 Å². The van der Waals surface area contributed by atoms with E-state index in [1.54, 1.807) is 0 Å². The molecule has 0 fully saturated rings. The van der Waals surface area contributed by atoms with Gasteiger partial charge in [-0.3, -0.25) is 4.79 Å². The van der Waals surface area contributed by atoms with Crippen LogP contribution < -0.4 is 15.2 Å². The Hall–Kier alpha value is -3.41. The van der Waals surface area contributed by atoms with Crippen molar-refractivity contribution in [2.45, 2.75) is 0 Å². The number of carbonyl (C=O) groups is 3. The summed E-state index contributed by atoms with van der Waals surface area (Å²) in [6.45, 7) is 3.29. The molecule has 0 aliphatic carbocycles. The van der Waals surface area contributed by atoms with Crippen molar-refractivity contribution in [3.63, 3.8) is 0 Å². The van der Waals surface area contributed by atoms with Crippen LogP contribution in [0.5, 0.6) is 11.5 Å². The van der Waals surface area contributed by atoms with E-state index in [-0.39, 0.29) is 17.1 Å². The summed E-state index contributed by atoms with van der Waals surface area (Å²) >= 11 is 0. The Morgan fingerprint density at radius 2 is 1.30 bits per heavy atom. The lowest BCUT2D eigenvalue weighted by Crippen LogP contribution is -2.11. The van der Waals surface area contributed by atoms with Crippen molar-refractivity contribution in [1.82, 2.24) is 0 Å². The quantitative estimate of drug-likeness (QED) is 0.518. The smallest absolute Gasteiger partial charge is 0.343 e. The molecule has 0 aliphatic heterocycles. The Balaban J connectivity index is 2.04. The third kappa shape index (κ3) is 4.28. The molecule has 0 atom stereocenters. The fourth-order valence-electron chi connectivity index (χ4n) is 1.67. The van der Waals surface area contributed by atoms with Crippen LogP contribution >= 0.6 is 0 Å². The van der Waals surface area contributed by atoms with Crippen LogP contribution in [0, 0.1) is 0 Å². The highest BCUT2D eigenvalue weighted by molar-refractivity contribution is 5.93. The third-order valence-electron chi connectivity index (χ3n) is 2.82. The summed E-state index contributed by atoms with van der Waals surface area (Å²) in [4.78, 5) is 34.0. The zero-order chi connectivity index (χ0) is 16.8. The first-order chi connectivity index (χ1) is 11.0. The number of ether oxygens (including phenoxy) is 2. The lowest BCUT2D eigenvalue weighted by atomic mass is 10.2. The van der Waals surface area contributed by atoms with E-state index in [4.69, 9.17) is 15.2 Å². The molecule has 0 saturated heterocycles. The lowest BCUT2D eigenvalue weighted by molar-refractivity contribution is -0.128. The van der Waals surface area contributed by atoms with Crippen LogP contribution in [0.4, 0.5) is 0 Å². The summed E-state index contributed by atoms with van der Waals surface area (Å²) in [5.41, 5.74) is 5.72.